The second-order valence-electron chi connectivity index (χ2n) is 4.29. The Morgan fingerprint density at radius 3 is 2.24 bits per heavy atom. The minimum atomic E-state index is -3.15. The van der Waals surface area contributed by atoms with Crippen molar-refractivity contribution >= 4 is 21.7 Å². The maximum atomic E-state index is 11.4. The summed E-state index contributed by atoms with van der Waals surface area (Å²) in [7, 11) is -3.15. The molecular formula is C13H14O3S. The summed E-state index contributed by atoms with van der Waals surface area (Å²) in [6.45, 7) is 0. The molecule has 0 amide bonds. The van der Waals surface area contributed by atoms with Crippen molar-refractivity contribution in [2.24, 2.45) is 0 Å². The second kappa shape index (κ2) is 4.45. The van der Waals surface area contributed by atoms with Crippen molar-refractivity contribution in [3.05, 3.63) is 35.4 Å². The summed E-state index contributed by atoms with van der Waals surface area (Å²) in [4.78, 5) is 11.7. The molecule has 1 aromatic rings. The highest BCUT2D eigenvalue weighted by Gasteiger charge is 2.16. The Kier molecular flexibility index (Phi) is 3.15. The van der Waals surface area contributed by atoms with E-state index in [1.54, 1.807) is 24.3 Å². The third kappa shape index (κ3) is 2.82. The van der Waals surface area contributed by atoms with Crippen LogP contribution in [0.4, 0.5) is 0 Å². The van der Waals surface area contributed by atoms with Crippen LogP contribution in [0.3, 0.4) is 0 Å². The standard InChI is InChI=1S/C13H14O3S/c1-17(15,16)12-7-5-10(6-8-12)9-11-3-2-4-13(11)14/h5-9H,2-4H2,1H3/b11-9+. The van der Waals surface area contributed by atoms with Gasteiger partial charge in [-0.1, -0.05) is 12.1 Å². The van der Waals surface area contributed by atoms with E-state index in [9.17, 15) is 13.2 Å². The minimum Gasteiger partial charge on any atom is -0.295 e. The van der Waals surface area contributed by atoms with Gasteiger partial charge in [-0.25, -0.2) is 8.42 Å². The van der Waals surface area contributed by atoms with E-state index in [1.165, 1.54) is 6.26 Å². The average molecular weight is 250 g/mol. The first kappa shape index (κ1) is 12.0. The van der Waals surface area contributed by atoms with E-state index in [0.717, 1.165) is 24.0 Å². The Morgan fingerprint density at radius 2 is 1.76 bits per heavy atom. The van der Waals surface area contributed by atoms with E-state index >= 15 is 0 Å². The largest absolute Gasteiger partial charge is 0.295 e. The lowest BCUT2D eigenvalue weighted by atomic mass is 10.1. The van der Waals surface area contributed by atoms with Gasteiger partial charge in [-0.15, -0.1) is 0 Å². The molecule has 90 valence electrons. The van der Waals surface area contributed by atoms with Gasteiger partial charge in [0.2, 0.25) is 0 Å². The van der Waals surface area contributed by atoms with Gasteiger partial charge < -0.3 is 0 Å². The van der Waals surface area contributed by atoms with E-state index in [2.05, 4.69) is 0 Å². The van der Waals surface area contributed by atoms with Crippen LogP contribution in [0, 0.1) is 0 Å². The summed E-state index contributed by atoms with van der Waals surface area (Å²) in [5, 5.41) is 0. The number of carbonyl (C=O) groups excluding carboxylic acids is 1. The van der Waals surface area contributed by atoms with Crippen molar-refractivity contribution in [2.75, 3.05) is 6.26 Å². The molecular weight excluding hydrogens is 236 g/mol. The Labute approximate surface area is 101 Å². The number of carbonyl (C=O) groups is 1. The zero-order chi connectivity index (χ0) is 12.5. The molecule has 0 bridgehead atoms. The molecule has 0 radical (unpaired) electrons. The lowest BCUT2D eigenvalue weighted by Crippen LogP contribution is -1.96. The fourth-order valence-corrected chi connectivity index (χ4v) is 2.53. The first-order valence-corrected chi connectivity index (χ1v) is 7.40. The lowest BCUT2D eigenvalue weighted by Gasteiger charge is -2.00. The zero-order valence-electron chi connectivity index (χ0n) is 9.64. The SMILES string of the molecule is CS(=O)(=O)c1ccc(/C=C2\CCCC2=O)cc1. The molecule has 1 saturated carbocycles. The van der Waals surface area contributed by atoms with Gasteiger partial charge in [0, 0.05) is 12.7 Å². The van der Waals surface area contributed by atoms with Crippen LogP contribution >= 0.6 is 0 Å². The molecule has 1 aliphatic rings. The molecule has 1 fully saturated rings. The minimum absolute atomic E-state index is 0.206. The van der Waals surface area contributed by atoms with Crippen molar-refractivity contribution in [1.29, 1.82) is 0 Å². The Morgan fingerprint density at radius 1 is 1.12 bits per heavy atom. The maximum absolute atomic E-state index is 11.4. The molecule has 0 aliphatic heterocycles. The molecule has 0 aromatic heterocycles. The van der Waals surface area contributed by atoms with Gasteiger partial charge >= 0.3 is 0 Å². The summed E-state index contributed by atoms with van der Waals surface area (Å²) in [5.74, 6) is 0.206. The van der Waals surface area contributed by atoms with Gasteiger partial charge in [0.25, 0.3) is 0 Å². The normalized spacial score (nSPS) is 18.9. The van der Waals surface area contributed by atoms with Crippen LogP contribution in [-0.2, 0) is 14.6 Å². The summed E-state index contributed by atoms with van der Waals surface area (Å²) in [6, 6.07) is 6.60. The quantitative estimate of drug-likeness (QED) is 0.756. The van der Waals surface area contributed by atoms with Gasteiger partial charge in [0.1, 0.15) is 0 Å². The van der Waals surface area contributed by atoms with Crippen molar-refractivity contribution in [2.45, 2.75) is 24.2 Å². The van der Waals surface area contributed by atoms with Crippen molar-refractivity contribution in [3.8, 4) is 0 Å². The molecule has 0 heterocycles. The predicted octanol–water partition coefficient (Wildman–Crippen LogP) is 2.23. The summed E-state index contributed by atoms with van der Waals surface area (Å²) in [6.07, 6.45) is 5.41. The number of allylic oxidation sites excluding steroid dienone is 1. The number of hydrogen-bond donors (Lipinski definition) is 0. The van der Waals surface area contributed by atoms with E-state index in [1.807, 2.05) is 6.08 Å². The topological polar surface area (TPSA) is 51.2 Å². The molecule has 1 aromatic carbocycles. The van der Waals surface area contributed by atoms with Crippen LogP contribution in [0.5, 0.6) is 0 Å². The molecule has 0 atom stereocenters. The molecule has 0 saturated heterocycles. The number of ketones is 1. The van der Waals surface area contributed by atoms with Crippen LogP contribution in [0.1, 0.15) is 24.8 Å². The number of hydrogen-bond acceptors (Lipinski definition) is 3. The first-order valence-electron chi connectivity index (χ1n) is 5.51. The van der Waals surface area contributed by atoms with E-state index < -0.39 is 9.84 Å². The van der Waals surface area contributed by atoms with Crippen LogP contribution < -0.4 is 0 Å². The van der Waals surface area contributed by atoms with Gasteiger partial charge in [-0.2, -0.15) is 0 Å². The lowest BCUT2D eigenvalue weighted by molar-refractivity contribution is -0.114. The Hall–Kier alpha value is -1.42. The zero-order valence-corrected chi connectivity index (χ0v) is 10.5. The van der Waals surface area contributed by atoms with Crippen LogP contribution in [0.15, 0.2) is 34.7 Å². The molecule has 4 heteroatoms. The number of benzene rings is 1. The van der Waals surface area contributed by atoms with Gasteiger partial charge in [-0.05, 0) is 42.2 Å². The highest BCUT2D eigenvalue weighted by atomic mass is 32.2. The van der Waals surface area contributed by atoms with Crippen LogP contribution in [0.25, 0.3) is 6.08 Å². The highest BCUT2D eigenvalue weighted by Crippen LogP contribution is 2.23. The van der Waals surface area contributed by atoms with Gasteiger partial charge in [0.05, 0.1) is 4.90 Å². The van der Waals surface area contributed by atoms with E-state index in [4.69, 9.17) is 0 Å². The summed E-state index contributed by atoms with van der Waals surface area (Å²) >= 11 is 0. The fraction of sp³-hybridized carbons (Fsp3) is 0.308. The van der Waals surface area contributed by atoms with E-state index in [-0.39, 0.29) is 5.78 Å². The second-order valence-corrected chi connectivity index (χ2v) is 6.30. The molecule has 0 N–H and O–H groups in total. The third-order valence-electron chi connectivity index (χ3n) is 2.86. The third-order valence-corrected chi connectivity index (χ3v) is 3.99. The maximum Gasteiger partial charge on any atom is 0.175 e. The van der Waals surface area contributed by atoms with E-state index in [0.29, 0.717) is 11.3 Å². The molecule has 2 rings (SSSR count). The Bertz CT molecular complexity index is 565. The number of Topliss-reactive ketones (excluding diaryl/α,β-unsaturated/α-hetero) is 1. The Balaban J connectivity index is 2.28. The smallest absolute Gasteiger partial charge is 0.175 e. The highest BCUT2D eigenvalue weighted by molar-refractivity contribution is 7.90. The van der Waals surface area contributed by atoms with Crippen LogP contribution in [0.2, 0.25) is 0 Å². The van der Waals surface area contributed by atoms with Crippen molar-refractivity contribution in [1.82, 2.24) is 0 Å². The van der Waals surface area contributed by atoms with Crippen LogP contribution in [-0.4, -0.2) is 20.5 Å². The van der Waals surface area contributed by atoms with Gasteiger partial charge in [0.15, 0.2) is 15.6 Å². The molecule has 0 unspecified atom stereocenters. The van der Waals surface area contributed by atoms with Gasteiger partial charge in [-0.3, -0.25) is 4.79 Å². The summed E-state index contributed by atoms with van der Waals surface area (Å²) in [5.41, 5.74) is 1.72. The molecule has 17 heavy (non-hydrogen) atoms. The predicted molar refractivity (Wildman–Crippen MR) is 66.4 cm³/mol. The monoisotopic (exact) mass is 250 g/mol. The average Bonchev–Trinajstić information content (AvgIpc) is 2.64. The first-order chi connectivity index (χ1) is 7.97. The van der Waals surface area contributed by atoms with Crippen molar-refractivity contribution in [3.63, 3.8) is 0 Å². The fourth-order valence-electron chi connectivity index (χ4n) is 1.90. The van der Waals surface area contributed by atoms with Crippen molar-refractivity contribution < 1.29 is 13.2 Å². The molecule has 0 spiro atoms. The summed E-state index contributed by atoms with van der Waals surface area (Å²) < 4.78 is 22.5. The molecule has 3 nitrogen and oxygen atoms in total. The number of sulfone groups is 1. The molecule has 1 aliphatic carbocycles. The number of rotatable bonds is 2.